The molecule has 4 nitrogen and oxygen atoms in total. The van der Waals surface area contributed by atoms with Gasteiger partial charge in [-0.1, -0.05) is 20.8 Å². The molecule has 1 aliphatic heterocycles. The van der Waals surface area contributed by atoms with Gasteiger partial charge in [-0.15, -0.1) is 0 Å². The number of likely N-dealkylation sites (tertiary alicyclic amines) is 1. The Morgan fingerprint density at radius 3 is 3.00 bits per heavy atom. The van der Waals surface area contributed by atoms with E-state index in [-0.39, 0.29) is 0 Å². The molecule has 3 heterocycles. The van der Waals surface area contributed by atoms with Gasteiger partial charge in [-0.3, -0.25) is 5.10 Å². The van der Waals surface area contributed by atoms with Crippen molar-refractivity contribution in [3.63, 3.8) is 0 Å². The number of aromatic nitrogens is 3. The minimum Gasteiger partial charge on any atom is -0.303 e. The van der Waals surface area contributed by atoms with Crippen molar-refractivity contribution in [3.8, 4) is 0 Å². The number of pyridine rings is 1. The molecule has 3 rings (SSSR count). The quantitative estimate of drug-likeness (QED) is 0.916. The third-order valence-electron chi connectivity index (χ3n) is 4.56. The Labute approximate surface area is 126 Å². The third kappa shape index (κ3) is 3.43. The smallest absolute Gasteiger partial charge is 0.155 e. The van der Waals surface area contributed by atoms with Crippen molar-refractivity contribution in [3.05, 3.63) is 24.0 Å². The van der Waals surface area contributed by atoms with Crippen LogP contribution in [0.5, 0.6) is 0 Å². The Morgan fingerprint density at radius 1 is 1.33 bits per heavy atom. The summed E-state index contributed by atoms with van der Waals surface area (Å²) in [6, 6.07) is 2.23. The first-order valence-electron chi connectivity index (χ1n) is 8.13. The van der Waals surface area contributed by atoms with Gasteiger partial charge in [-0.05, 0) is 48.8 Å². The fourth-order valence-electron chi connectivity index (χ4n) is 3.55. The molecule has 4 heteroatoms. The zero-order valence-corrected chi connectivity index (χ0v) is 13.3. The first-order valence-corrected chi connectivity index (χ1v) is 8.13. The number of hydrogen-bond acceptors (Lipinski definition) is 3. The monoisotopic (exact) mass is 286 g/mol. The van der Waals surface area contributed by atoms with Gasteiger partial charge in [-0.25, -0.2) is 4.98 Å². The highest BCUT2D eigenvalue weighted by Gasteiger charge is 2.24. The number of hydrogen-bond donors (Lipinski definition) is 1. The molecule has 1 N–H and O–H groups in total. The second-order valence-corrected chi connectivity index (χ2v) is 7.02. The summed E-state index contributed by atoms with van der Waals surface area (Å²) in [4.78, 5) is 7.09. The van der Waals surface area contributed by atoms with Crippen LogP contribution in [0, 0.1) is 11.8 Å². The van der Waals surface area contributed by atoms with E-state index in [0.29, 0.717) is 5.92 Å². The lowest BCUT2D eigenvalue weighted by Crippen LogP contribution is -2.25. The van der Waals surface area contributed by atoms with Crippen LogP contribution in [0.4, 0.5) is 0 Å². The first kappa shape index (κ1) is 14.5. The van der Waals surface area contributed by atoms with E-state index < -0.39 is 0 Å². The maximum atomic E-state index is 4.46. The molecule has 0 radical (unpaired) electrons. The lowest BCUT2D eigenvalue weighted by atomic mass is 9.90. The molecule has 2 aromatic rings. The number of nitrogens with one attached hydrogen (secondary N) is 1. The van der Waals surface area contributed by atoms with Crippen molar-refractivity contribution in [1.82, 2.24) is 20.1 Å². The molecular weight excluding hydrogens is 260 g/mol. The molecule has 21 heavy (non-hydrogen) atoms. The van der Waals surface area contributed by atoms with Crippen LogP contribution in [0.25, 0.3) is 11.0 Å². The van der Waals surface area contributed by atoms with Gasteiger partial charge < -0.3 is 4.90 Å². The van der Waals surface area contributed by atoms with Gasteiger partial charge in [0.1, 0.15) is 0 Å². The van der Waals surface area contributed by atoms with Crippen LogP contribution in [0.2, 0.25) is 0 Å². The lowest BCUT2D eigenvalue weighted by molar-refractivity contribution is 0.283. The van der Waals surface area contributed by atoms with Crippen LogP contribution >= 0.6 is 0 Å². The van der Waals surface area contributed by atoms with Crippen LogP contribution in [0.15, 0.2) is 18.5 Å². The van der Waals surface area contributed by atoms with Crippen molar-refractivity contribution in [1.29, 1.82) is 0 Å². The largest absolute Gasteiger partial charge is 0.303 e. The van der Waals surface area contributed by atoms with Crippen LogP contribution in [-0.4, -0.2) is 39.7 Å². The van der Waals surface area contributed by atoms with Crippen LogP contribution in [0.3, 0.4) is 0 Å². The molecule has 0 amide bonds. The van der Waals surface area contributed by atoms with Gasteiger partial charge in [0.2, 0.25) is 0 Å². The van der Waals surface area contributed by atoms with Crippen molar-refractivity contribution in [2.45, 2.75) is 39.5 Å². The molecule has 2 atom stereocenters. The van der Waals surface area contributed by atoms with E-state index in [9.17, 15) is 0 Å². The molecule has 1 aliphatic rings. The number of rotatable bonds is 5. The fraction of sp³-hybridized carbons (Fsp3) is 0.647. The zero-order valence-electron chi connectivity index (χ0n) is 13.3. The second-order valence-electron chi connectivity index (χ2n) is 7.02. The Bertz CT molecular complexity index is 589. The number of H-pyrrole nitrogens is 1. The summed E-state index contributed by atoms with van der Waals surface area (Å²) in [5.74, 6) is 2.17. The highest BCUT2D eigenvalue weighted by atomic mass is 15.1. The molecule has 0 aliphatic carbocycles. The van der Waals surface area contributed by atoms with Crippen LogP contribution < -0.4 is 0 Å². The van der Waals surface area contributed by atoms with Crippen LogP contribution in [-0.2, 0) is 0 Å². The van der Waals surface area contributed by atoms with E-state index in [0.717, 1.165) is 22.9 Å². The molecule has 0 aromatic carbocycles. The predicted octanol–water partition coefficient (Wildman–Crippen LogP) is 3.43. The average Bonchev–Trinajstić information content (AvgIpc) is 3.06. The van der Waals surface area contributed by atoms with E-state index in [1.54, 1.807) is 0 Å². The Kier molecular flexibility index (Phi) is 4.24. The highest BCUT2D eigenvalue weighted by molar-refractivity contribution is 5.74. The summed E-state index contributed by atoms with van der Waals surface area (Å²) >= 11 is 0. The van der Waals surface area contributed by atoms with E-state index in [1.807, 2.05) is 12.4 Å². The Balaban J connectivity index is 1.60. The molecule has 2 aromatic heterocycles. The molecule has 0 spiro atoms. The van der Waals surface area contributed by atoms with E-state index in [4.69, 9.17) is 0 Å². The minimum absolute atomic E-state index is 0.570. The lowest BCUT2D eigenvalue weighted by Gasteiger charge is -2.20. The summed E-state index contributed by atoms with van der Waals surface area (Å²) in [6.45, 7) is 10.7. The SMILES string of the molecule is CC(C)CN1CCC(CC(C)c2cnc3[nH]ncc3c2)C1. The average molecular weight is 286 g/mol. The number of nitrogens with zero attached hydrogens (tertiary/aromatic N) is 3. The van der Waals surface area contributed by atoms with Gasteiger partial charge in [0.15, 0.2) is 5.65 Å². The minimum atomic E-state index is 0.570. The summed E-state index contributed by atoms with van der Waals surface area (Å²) < 4.78 is 0. The molecule has 114 valence electrons. The van der Waals surface area contributed by atoms with Gasteiger partial charge in [-0.2, -0.15) is 5.10 Å². The molecular formula is C17H26N4. The first-order chi connectivity index (χ1) is 10.1. The Morgan fingerprint density at radius 2 is 2.19 bits per heavy atom. The summed E-state index contributed by atoms with van der Waals surface area (Å²) in [7, 11) is 0. The van der Waals surface area contributed by atoms with Gasteiger partial charge >= 0.3 is 0 Å². The van der Waals surface area contributed by atoms with Crippen molar-refractivity contribution >= 4 is 11.0 Å². The van der Waals surface area contributed by atoms with Crippen molar-refractivity contribution in [2.24, 2.45) is 11.8 Å². The topological polar surface area (TPSA) is 44.8 Å². The van der Waals surface area contributed by atoms with E-state index in [1.165, 1.54) is 38.0 Å². The maximum Gasteiger partial charge on any atom is 0.155 e. The van der Waals surface area contributed by atoms with Gasteiger partial charge in [0.25, 0.3) is 0 Å². The normalized spacial score (nSPS) is 21.4. The van der Waals surface area contributed by atoms with Crippen LogP contribution in [0.1, 0.15) is 45.1 Å². The van der Waals surface area contributed by atoms with Gasteiger partial charge in [0, 0.05) is 24.7 Å². The number of fused-ring (bicyclic) bond motifs is 1. The highest BCUT2D eigenvalue weighted by Crippen LogP contribution is 2.30. The van der Waals surface area contributed by atoms with Gasteiger partial charge in [0.05, 0.1) is 6.20 Å². The summed E-state index contributed by atoms with van der Waals surface area (Å²) in [5.41, 5.74) is 2.22. The van der Waals surface area contributed by atoms with Crippen molar-refractivity contribution < 1.29 is 0 Å². The summed E-state index contributed by atoms with van der Waals surface area (Å²) in [6.07, 6.45) is 6.47. The third-order valence-corrected chi connectivity index (χ3v) is 4.56. The fourth-order valence-corrected chi connectivity index (χ4v) is 3.55. The van der Waals surface area contributed by atoms with Crippen molar-refractivity contribution in [2.75, 3.05) is 19.6 Å². The molecule has 0 bridgehead atoms. The van der Waals surface area contributed by atoms with E-state index >= 15 is 0 Å². The second kappa shape index (κ2) is 6.14. The molecule has 1 fully saturated rings. The maximum absolute atomic E-state index is 4.46. The standard InChI is InChI=1S/C17H26N4/c1-12(2)10-21-5-4-14(11-21)6-13(3)15-7-16-9-19-20-17(16)18-8-15/h7-9,12-14H,4-6,10-11H2,1-3H3,(H,18,19,20). The predicted molar refractivity (Wildman–Crippen MR) is 86.3 cm³/mol. The number of aromatic amines is 1. The Hall–Kier alpha value is -1.42. The molecule has 2 unspecified atom stereocenters. The summed E-state index contributed by atoms with van der Waals surface area (Å²) in [5, 5.41) is 8.08. The molecule has 1 saturated heterocycles. The molecule has 0 saturated carbocycles. The zero-order chi connectivity index (χ0) is 14.8. The van der Waals surface area contributed by atoms with E-state index in [2.05, 4.69) is 46.9 Å².